The molecular weight excluding hydrogens is 170 g/mol. The lowest BCUT2D eigenvalue weighted by Gasteiger charge is -1.91. The average Bonchev–Trinajstić information content (AvgIpc) is 1.78. The van der Waals surface area contributed by atoms with Gasteiger partial charge in [-0.15, -0.1) is 0 Å². The standard InChI is InChI=1S/C5H9NO4S/c1-11(9,10)4-2-3-6-5(7)8/h2,4,6H,3H2,1H3,(H,7,8)/b4-2+. The smallest absolute Gasteiger partial charge is 0.404 e. The Morgan fingerprint density at radius 2 is 2.18 bits per heavy atom. The Labute approximate surface area is 64.6 Å². The number of hydrogen-bond acceptors (Lipinski definition) is 3. The Morgan fingerprint density at radius 1 is 1.64 bits per heavy atom. The molecule has 0 aromatic heterocycles. The summed E-state index contributed by atoms with van der Waals surface area (Å²) in [6.45, 7) is 0.00238. The van der Waals surface area contributed by atoms with Crippen molar-refractivity contribution in [2.24, 2.45) is 0 Å². The van der Waals surface area contributed by atoms with Gasteiger partial charge in [-0.25, -0.2) is 13.2 Å². The summed E-state index contributed by atoms with van der Waals surface area (Å²) in [7, 11) is -3.14. The van der Waals surface area contributed by atoms with E-state index in [9.17, 15) is 13.2 Å². The first kappa shape index (κ1) is 9.96. The summed E-state index contributed by atoms with van der Waals surface area (Å²) in [5, 5.41) is 11.0. The molecule has 0 unspecified atom stereocenters. The molecule has 11 heavy (non-hydrogen) atoms. The van der Waals surface area contributed by atoms with Gasteiger partial charge in [0.2, 0.25) is 0 Å². The van der Waals surface area contributed by atoms with Crippen LogP contribution in [-0.2, 0) is 9.84 Å². The van der Waals surface area contributed by atoms with Gasteiger partial charge < -0.3 is 10.4 Å². The van der Waals surface area contributed by atoms with Crippen LogP contribution in [0, 0.1) is 0 Å². The number of rotatable bonds is 3. The van der Waals surface area contributed by atoms with E-state index in [1.165, 1.54) is 6.08 Å². The lowest BCUT2D eigenvalue weighted by Crippen LogP contribution is -2.20. The summed E-state index contributed by atoms with van der Waals surface area (Å²) >= 11 is 0. The lowest BCUT2D eigenvalue weighted by molar-refractivity contribution is 0.195. The molecule has 1 amide bonds. The number of hydrogen-bond donors (Lipinski definition) is 2. The first-order valence-corrected chi connectivity index (χ1v) is 4.70. The normalized spacial score (nSPS) is 11.7. The number of nitrogens with one attached hydrogen (secondary N) is 1. The molecule has 0 radical (unpaired) electrons. The van der Waals surface area contributed by atoms with Crippen LogP contribution in [0.15, 0.2) is 11.5 Å². The van der Waals surface area contributed by atoms with Crippen LogP contribution in [0.3, 0.4) is 0 Å². The Bertz CT molecular complexity index is 254. The second kappa shape index (κ2) is 3.97. The maximum Gasteiger partial charge on any atom is 0.404 e. The molecule has 2 N–H and O–H groups in total. The fourth-order valence-electron chi connectivity index (χ4n) is 0.369. The SMILES string of the molecule is CS(=O)(=O)/C=C/CNC(=O)O. The molecule has 6 heteroatoms. The van der Waals surface area contributed by atoms with Gasteiger partial charge in [0.1, 0.15) is 0 Å². The van der Waals surface area contributed by atoms with Gasteiger partial charge in [0, 0.05) is 18.2 Å². The van der Waals surface area contributed by atoms with Crippen molar-refractivity contribution < 1.29 is 18.3 Å². The number of amides is 1. The largest absolute Gasteiger partial charge is 0.465 e. The van der Waals surface area contributed by atoms with Crippen LogP contribution >= 0.6 is 0 Å². The Hall–Kier alpha value is -1.04. The van der Waals surface area contributed by atoms with Gasteiger partial charge >= 0.3 is 6.09 Å². The van der Waals surface area contributed by atoms with Gasteiger partial charge in [-0.05, 0) is 0 Å². The maximum absolute atomic E-state index is 10.4. The Balaban J connectivity index is 3.72. The highest BCUT2D eigenvalue weighted by Gasteiger charge is 1.92. The Kier molecular flexibility index (Phi) is 3.59. The van der Waals surface area contributed by atoms with Gasteiger partial charge in [0.25, 0.3) is 0 Å². The predicted molar refractivity (Wildman–Crippen MR) is 40.0 cm³/mol. The zero-order valence-electron chi connectivity index (χ0n) is 5.94. The van der Waals surface area contributed by atoms with Gasteiger partial charge in [-0.3, -0.25) is 0 Å². The molecule has 0 spiro atoms. The minimum absolute atomic E-state index is 0.00238. The van der Waals surface area contributed by atoms with E-state index in [-0.39, 0.29) is 6.54 Å². The van der Waals surface area contributed by atoms with Crippen molar-refractivity contribution in [2.75, 3.05) is 12.8 Å². The lowest BCUT2D eigenvalue weighted by atomic mass is 10.6. The average molecular weight is 179 g/mol. The Morgan fingerprint density at radius 3 is 2.55 bits per heavy atom. The molecule has 0 saturated carbocycles. The van der Waals surface area contributed by atoms with Crippen LogP contribution in [0.4, 0.5) is 4.79 Å². The van der Waals surface area contributed by atoms with E-state index in [0.717, 1.165) is 11.7 Å². The first-order chi connectivity index (χ1) is 4.92. The highest BCUT2D eigenvalue weighted by molar-refractivity contribution is 7.93. The summed E-state index contributed by atoms with van der Waals surface area (Å²) in [6.07, 6.45) is 1.08. The summed E-state index contributed by atoms with van der Waals surface area (Å²) in [6, 6.07) is 0. The van der Waals surface area contributed by atoms with Crippen LogP contribution in [0.2, 0.25) is 0 Å². The van der Waals surface area contributed by atoms with Crippen molar-refractivity contribution >= 4 is 15.9 Å². The van der Waals surface area contributed by atoms with Gasteiger partial charge in [-0.1, -0.05) is 6.08 Å². The van der Waals surface area contributed by atoms with Crippen LogP contribution in [0.1, 0.15) is 0 Å². The molecule has 0 aliphatic heterocycles. The summed E-state index contributed by atoms with van der Waals surface area (Å²) in [5.74, 6) is 0. The zero-order valence-corrected chi connectivity index (χ0v) is 6.76. The van der Waals surface area contributed by atoms with Crippen LogP contribution in [0.25, 0.3) is 0 Å². The monoisotopic (exact) mass is 179 g/mol. The van der Waals surface area contributed by atoms with Crippen molar-refractivity contribution in [3.63, 3.8) is 0 Å². The summed E-state index contributed by atoms with van der Waals surface area (Å²) < 4.78 is 20.8. The molecule has 0 bridgehead atoms. The molecule has 0 saturated heterocycles. The molecular formula is C5H9NO4S. The number of carboxylic acid groups (broad SMARTS) is 1. The third kappa shape index (κ3) is 8.96. The van der Waals surface area contributed by atoms with Crippen molar-refractivity contribution in [3.8, 4) is 0 Å². The minimum Gasteiger partial charge on any atom is -0.465 e. The van der Waals surface area contributed by atoms with Crippen molar-refractivity contribution in [1.82, 2.24) is 5.32 Å². The summed E-state index contributed by atoms with van der Waals surface area (Å²) in [5.41, 5.74) is 0. The molecule has 0 aliphatic rings. The summed E-state index contributed by atoms with van der Waals surface area (Å²) in [4.78, 5) is 9.83. The maximum atomic E-state index is 10.4. The van der Waals surface area contributed by atoms with E-state index in [4.69, 9.17) is 5.11 Å². The van der Waals surface area contributed by atoms with Gasteiger partial charge in [0.15, 0.2) is 9.84 Å². The topological polar surface area (TPSA) is 83.5 Å². The minimum atomic E-state index is -3.14. The highest BCUT2D eigenvalue weighted by Crippen LogP contribution is 1.83. The van der Waals surface area contributed by atoms with Crippen molar-refractivity contribution in [1.29, 1.82) is 0 Å². The van der Waals surface area contributed by atoms with E-state index >= 15 is 0 Å². The molecule has 0 fully saturated rings. The van der Waals surface area contributed by atoms with E-state index in [1.54, 1.807) is 0 Å². The van der Waals surface area contributed by atoms with Crippen molar-refractivity contribution in [2.45, 2.75) is 0 Å². The van der Waals surface area contributed by atoms with E-state index < -0.39 is 15.9 Å². The molecule has 64 valence electrons. The molecule has 0 atom stereocenters. The third-order valence-electron chi connectivity index (χ3n) is 0.715. The van der Waals surface area contributed by atoms with Gasteiger partial charge in [0.05, 0.1) is 0 Å². The van der Waals surface area contributed by atoms with E-state index in [1.807, 2.05) is 5.32 Å². The predicted octanol–water partition coefficient (Wildman–Crippen LogP) is -0.188. The number of sulfone groups is 1. The fraction of sp³-hybridized carbons (Fsp3) is 0.400. The van der Waals surface area contributed by atoms with Crippen LogP contribution in [0.5, 0.6) is 0 Å². The highest BCUT2D eigenvalue weighted by atomic mass is 32.2. The second-order valence-corrected chi connectivity index (χ2v) is 3.82. The van der Waals surface area contributed by atoms with Crippen LogP contribution < -0.4 is 5.32 Å². The quantitative estimate of drug-likeness (QED) is 0.629. The molecule has 0 aliphatic carbocycles. The zero-order chi connectivity index (χ0) is 8.91. The van der Waals surface area contributed by atoms with Crippen LogP contribution in [-0.4, -0.2) is 32.4 Å². The molecule has 5 nitrogen and oxygen atoms in total. The van der Waals surface area contributed by atoms with Gasteiger partial charge in [-0.2, -0.15) is 0 Å². The molecule has 0 aromatic carbocycles. The molecule has 0 aromatic rings. The van der Waals surface area contributed by atoms with E-state index in [2.05, 4.69) is 0 Å². The third-order valence-corrected chi connectivity index (χ3v) is 1.40. The second-order valence-electron chi connectivity index (χ2n) is 1.89. The molecule has 0 heterocycles. The fourth-order valence-corrected chi connectivity index (χ4v) is 0.815. The first-order valence-electron chi connectivity index (χ1n) is 2.75. The van der Waals surface area contributed by atoms with Crippen molar-refractivity contribution in [3.05, 3.63) is 11.5 Å². The molecule has 0 rings (SSSR count). The van der Waals surface area contributed by atoms with E-state index in [0.29, 0.717) is 0 Å². The number of carbonyl (C=O) groups is 1.